The second kappa shape index (κ2) is 6.20. The highest BCUT2D eigenvalue weighted by atomic mass is 16.4. The minimum Gasteiger partial charge on any atom is -0.481 e. The molecule has 0 heterocycles. The number of allylic oxidation sites excluding steroid dienone is 2. The van der Waals surface area contributed by atoms with E-state index >= 15 is 0 Å². The topological polar surface area (TPSA) is 57.6 Å². The van der Waals surface area contributed by atoms with E-state index in [-0.39, 0.29) is 35.7 Å². The Bertz CT molecular complexity index is 435. The lowest BCUT2D eigenvalue weighted by Crippen LogP contribution is -2.50. The first-order valence-corrected chi connectivity index (χ1v) is 8.15. The highest BCUT2D eigenvalue weighted by Gasteiger charge is 2.53. The second-order valence-electron chi connectivity index (χ2n) is 6.60. The van der Waals surface area contributed by atoms with Crippen molar-refractivity contribution in [2.24, 2.45) is 23.7 Å². The number of carboxylic acids is 1. The van der Waals surface area contributed by atoms with Gasteiger partial charge in [-0.05, 0) is 44.9 Å². The van der Waals surface area contributed by atoms with Gasteiger partial charge in [-0.2, -0.15) is 0 Å². The minimum atomic E-state index is -0.821. The minimum absolute atomic E-state index is 0.0390. The van der Waals surface area contributed by atoms with Crippen LogP contribution in [0.5, 0.6) is 0 Å². The molecule has 0 spiro atoms. The normalized spacial score (nSPS) is 33.0. The SMILES string of the molecule is CCC(C)N(C(=O)C1C2C=CC(C2)C1C(=O)O)C(C)CC. The molecule has 1 amide bonds. The van der Waals surface area contributed by atoms with Crippen LogP contribution in [0, 0.1) is 23.7 Å². The first-order valence-electron chi connectivity index (χ1n) is 8.15. The summed E-state index contributed by atoms with van der Waals surface area (Å²) in [5.74, 6) is -1.54. The Hall–Kier alpha value is -1.32. The van der Waals surface area contributed by atoms with Crippen LogP contribution < -0.4 is 0 Å². The third kappa shape index (κ3) is 2.72. The lowest BCUT2D eigenvalue weighted by atomic mass is 9.81. The monoisotopic (exact) mass is 293 g/mol. The van der Waals surface area contributed by atoms with Crippen molar-refractivity contribution < 1.29 is 14.7 Å². The van der Waals surface area contributed by atoms with E-state index in [1.807, 2.05) is 11.0 Å². The number of aliphatic carboxylic acids is 1. The maximum absolute atomic E-state index is 13.1. The van der Waals surface area contributed by atoms with Gasteiger partial charge in [0.15, 0.2) is 0 Å². The van der Waals surface area contributed by atoms with Gasteiger partial charge in [-0.15, -0.1) is 0 Å². The number of rotatable bonds is 6. The molecule has 2 rings (SSSR count). The average molecular weight is 293 g/mol. The molecule has 4 nitrogen and oxygen atoms in total. The van der Waals surface area contributed by atoms with Gasteiger partial charge in [0.2, 0.25) is 5.91 Å². The Morgan fingerprint density at radius 2 is 1.57 bits per heavy atom. The molecule has 2 aliphatic carbocycles. The zero-order valence-corrected chi connectivity index (χ0v) is 13.5. The molecule has 0 radical (unpaired) electrons. The van der Waals surface area contributed by atoms with Gasteiger partial charge < -0.3 is 10.0 Å². The molecule has 1 N–H and O–H groups in total. The summed E-state index contributed by atoms with van der Waals surface area (Å²) < 4.78 is 0. The molecule has 0 aromatic heterocycles. The molecule has 1 saturated carbocycles. The van der Waals surface area contributed by atoms with E-state index in [0.29, 0.717) is 0 Å². The molecule has 0 aliphatic heterocycles. The van der Waals surface area contributed by atoms with Gasteiger partial charge in [-0.1, -0.05) is 26.0 Å². The van der Waals surface area contributed by atoms with Crippen molar-refractivity contribution >= 4 is 11.9 Å². The summed E-state index contributed by atoms with van der Waals surface area (Å²) >= 11 is 0. The third-order valence-electron chi connectivity index (χ3n) is 5.42. The Kier molecular flexibility index (Phi) is 4.74. The van der Waals surface area contributed by atoms with Crippen molar-refractivity contribution in [3.05, 3.63) is 12.2 Å². The molecule has 6 unspecified atom stereocenters. The molecule has 0 aromatic rings. The Morgan fingerprint density at radius 1 is 1.10 bits per heavy atom. The number of amides is 1. The van der Waals surface area contributed by atoms with Crippen molar-refractivity contribution in [2.45, 2.75) is 59.0 Å². The fourth-order valence-electron chi connectivity index (χ4n) is 3.93. The maximum Gasteiger partial charge on any atom is 0.307 e. The van der Waals surface area contributed by atoms with Crippen molar-refractivity contribution in [3.8, 4) is 0 Å². The van der Waals surface area contributed by atoms with Crippen LogP contribution in [-0.4, -0.2) is 34.0 Å². The number of fused-ring (bicyclic) bond motifs is 2. The third-order valence-corrected chi connectivity index (χ3v) is 5.42. The van der Waals surface area contributed by atoms with Gasteiger partial charge in [0.1, 0.15) is 0 Å². The molecule has 2 aliphatic rings. The number of carbonyl (C=O) groups is 2. The molecule has 2 bridgehead atoms. The summed E-state index contributed by atoms with van der Waals surface area (Å²) in [6.07, 6.45) is 6.65. The summed E-state index contributed by atoms with van der Waals surface area (Å²) in [4.78, 5) is 26.6. The number of hydrogen-bond donors (Lipinski definition) is 1. The zero-order valence-electron chi connectivity index (χ0n) is 13.5. The van der Waals surface area contributed by atoms with E-state index in [0.717, 1.165) is 19.3 Å². The molecular weight excluding hydrogens is 266 g/mol. The summed E-state index contributed by atoms with van der Waals surface area (Å²) in [5, 5.41) is 9.52. The largest absolute Gasteiger partial charge is 0.481 e. The van der Waals surface area contributed by atoms with Crippen LogP contribution >= 0.6 is 0 Å². The highest BCUT2D eigenvalue weighted by Crippen LogP contribution is 2.49. The lowest BCUT2D eigenvalue weighted by molar-refractivity contribution is -0.153. The van der Waals surface area contributed by atoms with Crippen molar-refractivity contribution in [1.29, 1.82) is 0 Å². The van der Waals surface area contributed by atoms with Crippen molar-refractivity contribution in [3.63, 3.8) is 0 Å². The van der Waals surface area contributed by atoms with Crippen LogP contribution in [0.25, 0.3) is 0 Å². The first-order chi connectivity index (χ1) is 9.92. The van der Waals surface area contributed by atoms with Gasteiger partial charge >= 0.3 is 5.97 Å². The van der Waals surface area contributed by atoms with E-state index in [1.165, 1.54) is 0 Å². The number of carboxylic acid groups (broad SMARTS) is 1. The van der Waals surface area contributed by atoms with Crippen LogP contribution in [0.2, 0.25) is 0 Å². The number of nitrogens with zero attached hydrogens (tertiary/aromatic N) is 1. The smallest absolute Gasteiger partial charge is 0.307 e. The fourth-order valence-corrected chi connectivity index (χ4v) is 3.93. The Labute approximate surface area is 127 Å². The van der Waals surface area contributed by atoms with Crippen molar-refractivity contribution in [2.75, 3.05) is 0 Å². The molecular formula is C17H27NO3. The van der Waals surface area contributed by atoms with Gasteiger partial charge in [-0.25, -0.2) is 0 Å². The number of carbonyl (C=O) groups excluding carboxylic acids is 1. The van der Waals surface area contributed by atoms with Crippen LogP contribution in [-0.2, 0) is 9.59 Å². The fraction of sp³-hybridized carbons (Fsp3) is 0.765. The lowest BCUT2D eigenvalue weighted by Gasteiger charge is -2.38. The summed E-state index contributed by atoms with van der Waals surface area (Å²) in [6.45, 7) is 8.26. The van der Waals surface area contributed by atoms with Crippen LogP contribution in [0.4, 0.5) is 0 Å². The van der Waals surface area contributed by atoms with Gasteiger partial charge in [0.05, 0.1) is 11.8 Å². The maximum atomic E-state index is 13.1. The summed E-state index contributed by atoms with van der Waals surface area (Å²) in [7, 11) is 0. The van der Waals surface area contributed by atoms with Gasteiger partial charge in [0.25, 0.3) is 0 Å². The predicted molar refractivity (Wildman–Crippen MR) is 81.7 cm³/mol. The molecule has 0 saturated heterocycles. The molecule has 6 atom stereocenters. The van der Waals surface area contributed by atoms with E-state index in [4.69, 9.17) is 0 Å². The number of hydrogen-bond acceptors (Lipinski definition) is 2. The Balaban J connectivity index is 2.27. The van der Waals surface area contributed by atoms with E-state index < -0.39 is 11.9 Å². The second-order valence-corrected chi connectivity index (χ2v) is 6.60. The van der Waals surface area contributed by atoms with Crippen LogP contribution in [0.15, 0.2) is 12.2 Å². The quantitative estimate of drug-likeness (QED) is 0.766. The van der Waals surface area contributed by atoms with E-state index in [1.54, 1.807) is 0 Å². The molecule has 21 heavy (non-hydrogen) atoms. The van der Waals surface area contributed by atoms with E-state index in [9.17, 15) is 14.7 Å². The van der Waals surface area contributed by atoms with E-state index in [2.05, 4.69) is 33.8 Å². The van der Waals surface area contributed by atoms with Crippen LogP contribution in [0.1, 0.15) is 47.0 Å². The molecule has 0 aromatic carbocycles. The first kappa shape index (κ1) is 16.1. The average Bonchev–Trinajstić information content (AvgIpc) is 3.07. The zero-order chi connectivity index (χ0) is 15.7. The standard InChI is InChI=1S/C17H27NO3/c1-5-10(3)18(11(4)6-2)16(19)14-12-7-8-13(9-12)15(14)17(20)21/h7-8,10-15H,5-6,9H2,1-4H3,(H,20,21). The van der Waals surface area contributed by atoms with Gasteiger partial charge in [-0.3, -0.25) is 9.59 Å². The Morgan fingerprint density at radius 3 is 2.00 bits per heavy atom. The van der Waals surface area contributed by atoms with Gasteiger partial charge in [0, 0.05) is 12.1 Å². The predicted octanol–water partition coefficient (Wildman–Crippen LogP) is 2.93. The molecule has 118 valence electrons. The molecule has 4 heteroatoms. The summed E-state index contributed by atoms with van der Waals surface area (Å²) in [6, 6.07) is 0.315. The van der Waals surface area contributed by atoms with Crippen molar-refractivity contribution in [1.82, 2.24) is 4.90 Å². The molecule has 1 fully saturated rings. The van der Waals surface area contributed by atoms with Crippen LogP contribution in [0.3, 0.4) is 0 Å². The summed E-state index contributed by atoms with van der Waals surface area (Å²) in [5.41, 5.74) is 0. The highest BCUT2D eigenvalue weighted by molar-refractivity contribution is 5.87.